The lowest BCUT2D eigenvalue weighted by Gasteiger charge is -2.22. The van der Waals surface area contributed by atoms with Gasteiger partial charge in [0.25, 0.3) is 5.91 Å². The molecule has 2 N–H and O–H groups in total. The molecule has 9 heteroatoms. The first-order chi connectivity index (χ1) is 13.9. The average molecular weight is 456 g/mol. The zero-order chi connectivity index (χ0) is 21.2. The van der Waals surface area contributed by atoms with Crippen molar-refractivity contribution in [1.82, 2.24) is 10.2 Å². The molecule has 2 aromatic rings. The average Bonchev–Trinajstić information content (AvgIpc) is 3.22. The van der Waals surface area contributed by atoms with E-state index >= 15 is 0 Å². The number of hydrogen-bond acceptors (Lipinski definition) is 4. The van der Waals surface area contributed by atoms with Crippen molar-refractivity contribution in [2.45, 2.75) is 26.2 Å². The second-order valence-electron chi connectivity index (χ2n) is 6.36. The van der Waals surface area contributed by atoms with E-state index in [2.05, 4.69) is 10.6 Å². The number of carbonyl (C=O) groups excluding carboxylic acids is 3. The highest BCUT2D eigenvalue weighted by Gasteiger charge is 2.17. The Morgan fingerprint density at radius 1 is 1.17 bits per heavy atom. The number of amides is 3. The largest absolute Gasteiger partial charge is 0.352 e. The number of nitrogens with zero attached hydrogens (tertiary/aromatic N) is 1. The Morgan fingerprint density at radius 2 is 1.97 bits per heavy atom. The van der Waals surface area contributed by atoms with Crippen LogP contribution in [-0.2, 0) is 9.59 Å². The van der Waals surface area contributed by atoms with Gasteiger partial charge in [0.05, 0.1) is 17.3 Å². The Hall–Kier alpha value is -2.09. The van der Waals surface area contributed by atoms with E-state index < -0.39 is 0 Å². The van der Waals surface area contributed by atoms with E-state index in [9.17, 15) is 14.4 Å². The van der Waals surface area contributed by atoms with Gasteiger partial charge in [-0.2, -0.15) is 11.3 Å². The van der Waals surface area contributed by atoms with Crippen molar-refractivity contribution in [1.29, 1.82) is 0 Å². The molecule has 0 spiro atoms. The first-order valence-electron chi connectivity index (χ1n) is 9.23. The van der Waals surface area contributed by atoms with E-state index in [-0.39, 0.29) is 30.7 Å². The molecule has 1 heterocycles. The molecule has 0 unspecified atom stereocenters. The summed E-state index contributed by atoms with van der Waals surface area (Å²) >= 11 is 13.4. The van der Waals surface area contributed by atoms with Gasteiger partial charge < -0.3 is 15.5 Å². The van der Waals surface area contributed by atoms with Crippen LogP contribution in [0.25, 0.3) is 0 Å². The molecule has 0 atom stereocenters. The highest BCUT2D eigenvalue weighted by Crippen LogP contribution is 2.25. The number of rotatable bonds is 10. The van der Waals surface area contributed by atoms with Crippen molar-refractivity contribution in [3.05, 3.63) is 50.6 Å². The predicted octanol–water partition coefficient (Wildman–Crippen LogP) is 4.44. The van der Waals surface area contributed by atoms with E-state index in [1.54, 1.807) is 29.6 Å². The molecule has 0 bridgehead atoms. The van der Waals surface area contributed by atoms with E-state index in [0.29, 0.717) is 40.8 Å². The molecule has 29 heavy (non-hydrogen) atoms. The summed E-state index contributed by atoms with van der Waals surface area (Å²) < 4.78 is 0. The maximum Gasteiger partial charge on any atom is 0.252 e. The molecule has 2 rings (SSSR count). The molecule has 0 aliphatic heterocycles. The van der Waals surface area contributed by atoms with Gasteiger partial charge >= 0.3 is 0 Å². The number of thiophene rings is 1. The van der Waals surface area contributed by atoms with Crippen LogP contribution in [0.4, 0.5) is 5.69 Å². The zero-order valence-electron chi connectivity index (χ0n) is 16.0. The molecule has 156 valence electrons. The van der Waals surface area contributed by atoms with Gasteiger partial charge in [-0.15, -0.1) is 0 Å². The van der Waals surface area contributed by atoms with E-state index in [1.807, 2.05) is 12.3 Å². The SMILES string of the molecule is CCCN(CC(=O)Nc1cc(Cl)ccc1Cl)C(=O)CCCNC(=O)c1ccsc1. The Balaban J connectivity index is 1.81. The fourth-order valence-corrected chi connectivity index (χ4v) is 3.59. The van der Waals surface area contributed by atoms with Crippen molar-refractivity contribution in [2.24, 2.45) is 0 Å². The quantitative estimate of drug-likeness (QED) is 0.519. The molecule has 0 aliphatic rings. The van der Waals surface area contributed by atoms with Gasteiger partial charge in [-0.25, -0.2) is 0 Å². The molecule has 0 fully saturated rings. The van der Waals surface area contributed by atoms with Crippen LogP contribution in [0, 0.1) is 0 Å². The molecule has 1 aromatic heterocycles. The topological polar surface area (TPSA) is 78.5 Å². The lowest BCUT2D eigenvalue weighted by atomic mass is 10.2. The minimum Gasteiger partial charge on any atom is -0.352 e. The van der Waals surface area contributed by atoms with Gasteiger partial charge in [0, 0.05) is 35.5 Å². The minimum atomic E-state index is -0.346. The lowest BCUT2D eigenvalue weighted by Crippen LogP contribution is -2.38. The van der Waals surface area contributed by atoms with Gasteiger partial charge in [0.15, 0.2) is 0 Å². The highest BCUT2D eigenvalue weighted by atomic mass is 35.5. The van der Waals surface area contributed by atoms with Crippen LogP contribution in [0.2, 0.25) is 10.0 Å². The summed E-state index contributed by atoms with van der Waals surface area (Å²) in [6.07, 6.45) is 1.47. The molecule has 0 radical (unpaired) electrons. The highest BCUT2D eigenvalue weighted by molar-refractivity contribution is 7.08. The lowest BCUT2D eigenvalue weighted by molar-refractivity contribution is -0.134. The van der Waals surface area contributed by atoms with E-state index in [0.717, 1.165) is 6.42 Å². The molecular weight excluding hydrogens is 433 g/mol. The normalized spacial score (nSPS) is 10.4. The molecule has 0 saturated heterocycles. The van der Waals surface area contributed by atoms with Gasteiger partial charge in [-0.3, -0.25) is 14.4 Å². The number of carbonyl (C=O) groups is 3. The maximum atomic E-state index is 12.5. The van der Waals surface area contributed by atoms with Crippen LogP contribution >= 0.6 is 34.5 Å². The van der Waals surface area contributed by atoms with Gasteiger partial charge in [0.1, 0.15) is 0 Å². The third-order valence-electron chi connectivity index (χ3n) is 4.02. The first kappa shape index (κ1) is 23.2. The van der Waals surface area contributed by atoms with Crippen molar-refractivity contribution >= 4 is 57.9 Å². The zero-order valence-corrected chi connectivity index (χ0v) is 18.4. The number of hydrogen-bond donors (Lipinski definition) is 2. The number of anilines is 1. The number of halogens is 2. The van der Waals surface area contributed by atoms with Crippen molar-refractivity contribution in [3.8, 4) is 0 Å². The van der Waals surface area contributed by atoms with Crippen LogP contribution in [0.15, 0.2) is 35.0 Å². The monoisotopic (exact) mass is 455 g/mol. The molecule has 6 nitrogen and oxygen atoms in total. The van der Waals surface area contributed by atoms with E-state index in [1.165, 1.54) is 16.2 Å². The molecule has 1 aromatic carbocycles. The summed E-state index contributed by atoms with van der Waals surface area (Å²) in [4.78, 5) is 38.2. The van der Waals surface area contributed by atoms with Crippen molar-refractivity contribution < 1.29 is 14.4 Å². The summed E-state index contributed by atoms with van der Waals surface area (Å²) in [7, 11) is 0. The third-order valence-corrected chi connectivity index (χ3v) is 5.27. The summed E-state index contributed by atoms with van der Waals surface area (Å²) in [6, 6.07) is 6.53. The van der Waals surface area contributed by atoms with Crippen LogP contribution < -0.4 is 10.6 Å². The van der Waals surface area contributed by atoms with Gasteiger partial charge in [0.2, 0.25) is 11.8 Å². The number of benzene rings is 1. The summed E-state index contributed by atoms with van der Waals surface area (Å²) in [6.45, 7) is 2.73. The van der Waals surface area contributed by atoms with Gasteiger partial charge in [-0.05, 0) is 42.5 Å². The van der Waals surface area contributed by atoms with E-state index in [4.69, 9.17) is 23.2 Å². The fourth-order valence-electron chi connectivity index (χ4n) is 2.61. The van der Waals surface area contributed by atoms with Crippen LogP contribution in [0.5, 0.6) is 0 Å². The predicted molar refractivity (Wildman–Crippen MR) is 118 cm³/mol. The summed E-state index contributed by atoms with van der Waals surface area (Å²) in [5.74, 6) is -0.632. The Bertz CT molecular complexity index is 844. The smallest absolute Gasteiger partial charge is 0.252 e. The minimum absolute atomic E-state index is 0.0726. The van der Waals surface area contributed by atoms with Crippen molar-refractivity contribution in [2.75, 3.05) is 25.0 Å². The maximum absolute atomic E-state index is 12.5. The second kappa shape index (κ2) is 11.8. The van der Waals surface area contributed by atoms with Gasteiger partial charge in [-0.1, -0.05) is 30.1 Å². The molecular formula is C20H23Cl2N3O3S. The van der Waals surface area contributed by atoms with Crippen LogP contribution in [0.3, 0.4) is 0 Å². The molecule has 0 saturated carbocycles. The number of nitrogens with one attached hydrogen (secondary N) is 2. The van der Waals surface area contributed by atoms with Crippen LogP contribution in [0.1, 0.15) is 36.5 Å². The second-order valence-corrected chi connectivity index (χ2v) is 7.98. The molecule has 3 amide bonds. The summed E-state index contributed by atoms with van der Waals surface area (Å²) in [5.41, 5.74) is 1.02. The third kappa shape index (κ3) is 7.68. The Labute approximate surface area is 184 Å². The summed E-state index contributed by atoms with van der Waals surface area (Å²) in [5, 5.41) is 9.91. The standard InChI is InChI=1S/C20H23Cl2N3O3S/c1-2-9-25(12-18(26)24-17-11-15(21)5-6-16(17)22)19(27)4-3-8-23-20(28)14-7-10-29-13-14/h5-7,10-11,13H,2-4,8-9,12H2,1H3,(H,23,28)(H,24,26). The Morgan fingerprint density at radius 3 is 2.66 bits per heavy atom. The molecule has 0 aliphatic carbocycles. The first-order valence-corrected chi connectivity index (χ1v) is 10.9. The fraction of sp³-hybridized carbons (Fsp3) is 0.350. The van der Waals surface area contributed by atoms with Crippen LogP contribution in [-0.4, -0.2) is 42.3 Å². The van der Waals surface area contributed by atoms with Crippen molar-refractivity contribution in [3.63, 3.8) is 0 Å². The Kier molecular flexibility index (Phi) is 9.44.